The van der Waals surface area contributed by atoms with E-state index in [0.717, 1.165) is 5.56 Å². The van der Waals surface area contributed by atoms with Crippen LogP contribution in [-0.4, -0.2) is 44.4 Å². The van der Waals surface area contributed by atoms with Crippen molar-refractivity contribution in [2.75, 3.05) is 13.2 Å². The van der Waals surface area contributed by atoms with Crippen molar-refractivity contribution in [2.24, 2.45) is 5.92 Å². The number of hydrogen-bond acceptors (Lipinski definition) is 5. The molecule has 0 bridgehead atoms. The van der Waals surface area contributed by atoms with Gasteiger partial charge in [-0.25, -0.2) is 0 Å². The Balaban J connectivity index is 2.29. The van der Waals surface area contributed by atoms with E-state index in [4.69, 9.17) is 5.11 Å². The molecule has 0 aliphatic rings. The Bertz CT molecular complexity index is 651. The maximum absolute atomic E-state index is 12.4. The van der Waals surface area contributed by atoms with Crippen molar-refractivity contribution in [3.8, 4) is 0 Å². The maximum atomic E-state index is 12.4. The fourth-order valence-electron chi connectivity index (χ4n) is 1.81. The highest BCUT2D eigenvalue weighted by Gasteiger charge is 2.16. The summed E-state index contributed by atoms with van der Waals surface area (Å²) < 4.78 is 1.39. The Morgan fingerprint density at radius 1 is 1.41 bits per heavy atom. The summed E-state index contributed by atoms with van der Waals surface area (Å²) in [4.78, 5) is 12.4. The molecule has 0 saturated carbocycles. The lowest BCUT2D eigenvalue weighted by molar-refractivity contribution is -0.116. The van der Waals surface area contributed by atoms with Crippen molar-refractivity contribution in [2.45, 2.75) is 13.8 Å². The molecule has 0 saturated heterocycles. The second-order valence-electron chi connectivity index (χ2n) is 5.08. The van der Waals surface area contributed by atoms with Crippen LogP contribution in [0.1, 0.15) is 18.3 Å². The van der Waals surface area contributed by atoms with E-state index in [9.17, 15) is 4.79 Å². The first-order chi connectivity index (χ1) is 10.6. The monoisotopic (exact) mass is 301 g/mol. The number of rotatable bonds is 6. The quantitative estimate of drug-likeness (QED) is 0.767. The molecule has 1 heterocycles. The summed E-state index contributed by atoms with van der Waals surface area (Å²) in [5, 5.41) is 23.1. The van der Waals surface area contributed by atoms with Crippen LogP contribution in [0.4, 0.5) is 0 Å². The summed E-state index contributed by atoms with van der Waals surface area (Å²) in [5.41, 5.74) is 1.21. The average molecular weight is 301 g/mol. The van der Waals surface area contributed by atoms with E-state index in [1.54, 1.807) is 13.0 Å². The second-order valence-corrected chi connectivity index (χ2v) is 5.08. The van der Waals surface area contributed by atoms with Gasteiger partial charge in [-0.2, -0.15) is 4.68 Å². The van der Waals surface area contributed by atoms with Gasteiger partial charge >= 0.3 is 0 Å². The number of nitrogens with zero attached hydrogens (tertiary/aromatic N) is 4. The fraction of sp³-hybridized carbons (Fsp3) is 0.333. The lowest BCUT2D eigenvalue weighted by Crippen LogP contribution is -2.32. The van der Waals surface area contributed by atoms with Gasteiger partial charge in [0.25, 0.3) is 5.91 Å². The molecule has 0 spiro atoms. The highest BCUT2D eigenvalue weighted by molar-refractivity contribution is 6.18. The Hall–Kier alpha value is -2.54. The zero-order valence-corrected chi connectivity index (χ0v) is 12.6. The Morgan fingerprint density at radius 2 is 2.14 bits per heavy atom. The van der Waals surface area contributed by atoms with Crippen LogP contribution in [0.2, 0.25) is 0 Å². The van der Waals surface area contributed by atoms with E-state index >= 15 is 0 Å². The first-order valence-corrected chi connectivity index (χ1v) is 7.03. The van der Waals surface area contributed by atoms with Crippen molar-refractivity contribution in [3.63, 3.8) is 0 Å². The van der Waals surface area contributed by atoms with Gasteiger partial charge < -0.3 is 10.4 Å². The number of benzene rings is 1. The molecular weight excluding hydrogens is 282 g/mol. The number of hydrogen-bond donors (Lipinski definition) is 2. The largest absolute Gasteiger partial charge is 0.396 e. The van der Waals surface area contributed by atoms with Gasteiger partial charge in [0.2, 0.25) is 0 Å². The van der Waals surface area contributed by atoms with E-state index in [0.29, 0.717) is 18.1 Å². The van der Waals surface area contributed by atoms with Gasteiger partial charge in [-0.3, -0.25) is 4.79 Å². The van der Waals surface area contributed by atoms with Gasteiger partial charge in [0.15, 0.2) is 5.82 Å². The number of aryl methyl sites for hydroxylation is 1. The van der Waals surface area contributed by atoms with E-state index in [1.165, 1.54) is 4.68 Å². The zero-order chi connectivity index (χ0) is 15.9. The van der Waals surface area contributed by atoms with Gasteiger partial charge in [-0.05, 0) is 34.9 Å². The number of aliphatic hydroxyl groups excluding tert-OH is 1. The number of aliphatic hydroxyl groups is 1. The lowest BCUT2D eigenvalue weighted by Gasteiger charge is -2.12. The summed E-state index contributed by atoms with van der Waals surface area (Å²) in [6.07, 6.45) is 1.72. The molecule has 2 N–H and O–H groups in total. The van der Waals surface area contributed by atoms with Crippen LogP contribution in [0.15, 0.2) is 30.3 Å². The van der Waals surface area contributed by atoms with E-state index < -0.39 is 0 Å². The maximum Gasteiger partial charge on any atom is 0.270 e. The summed E-state index contributed by atoms with van der Waals surface area (Å²) in [5.74, 6) is 0.212. The van der Waals surface area contributed by atoms with Crippen molar-refractivity contribution < 1.29 is 9.90 Å². The van der Waals surface area contributed by atoms with Crippen molar-refractivity contribution in [1.82, 2.24) is 25.5 Å². The predicted octanol–water partition coefficient (Wildman–Crippen LogP) is 0.724. The Kier molecular flexibility index (Phi) is 5.37. The van der Waals surface area contributed by atoms with Crippen molar-refractivity contribution in [1.29, 1.82) is 0 Å². The van der Waals surface area contributed by atoms with Crippen LogP contribution in [0.5, 0.6) is 0 Å². The SMILES string of the molecule is Cc1nnnn1/C(=C\c1ccccc1)C(=O)NCC(C)CO. The minimum Gasteiger partial charge on any atom is -0.396 e. The van der Waals surface area contributed by atoms with Crippen LogP contribution in [0.25, 0.3) is 11.8 Å². The zero-order valence-electron chi connectivity index (χ0n) is 12.6. The first-order valence-electron chi connectivity index (χ1n) is 7.03. The standard InChI is InChI=1S/C15H19N5O2/c1-11(10-21)9-16-15(22)14(20-12(2)17-18-19-20)8-13-6-4-3-5-7-13/h3-8,11,21H,9-10H2,1-2H3,(H,16,22)/b14-8-. The molecule has 1 unspecified atom stereocenters. The average Bonchev–Trinajstić information content (AvgIpc) is 2.96. The molecule has 116 valence electrons. The summed E-state index contributed by atoms with van der Waals surface area (Å²) in [7, 11) is 0. The van der Waals surface area contributed by atoms with Gasteiger partial charge in [0.1, 0.15) is 5.70 Å². The van der Waals surface area contributed by atoms with Gasteiger partial charge in [-0.15, -0.1) is 5.10 Å². The summed E-state index contributed by atoms with van der Waals surface area (Å²) in [6.45, 7) is 3.97. The molecular formula is C15H19N5O2. The normalized spacial score (nSPS) is 13.0. The first kappa shape index (κ1) is 15.8. The number of carbonyl (C=O) groups excluding carboxylic acids is 1. The third kappa shape index (κ3) is 3.98. The topological polar surface area (TPSA) is 92.9 Å². The van der Waals surface area contributed by atoms with Gasteiger partial charge in [0, 0.05) is 13.2 Å². The molecule has 2 rings (SSSR count). The molecule has 0 radical (unpaired) electrons. The lowest BCUT2D eigenvalue weighted by atomic mass is 10.1. The molecule has 0 fully saturated rings. The van der Waals surface area contributed by atoms with Crippen molar-refractivity contribution >= 4 is 17.7 Å². The predicted molar refractivity (Wildman–Crippen MR) is 82.4 cm³/mol. The summed E-state index contributed by atoms with van der Waals surface area (Å²) in [6, 6.07) is 9.47. The van der Waals surface area contributed by atoms with E-state index in [2.05, 4.69) is 20.8 Å². The number of amides is 1. The van der Waals surface area contributed by atoms with Crippen LogP contribution in [0.3, 0.4) is 0 Å². The molecule has 1 aromatic heterocycles. The number of nitrogens with one attached hydrogen (secondary N) is 1. The highest BCUT2D eigenvalue weighted by Crippen LogP contribution is 2.12. The van der Waals surface area contributed by atoms with Crippen LogP contribution < -0.4 is 5.32 Å². The van der Waals surface area contributed by atoms with E-state index in [1.807, 2.05) is 37.3 Å². The molecule has 22 heavy (non-hydrogen) atoms. The molecule has 1 amide bonds. The summed E-state index contributed by atoms with van der Waals surface area (Å²) >= 11 is 0. The molecule has 7 nitrogen and oxygen atoms in total. The minimum absolute atomic E-state index is 0.0158. The highest BCUT2D eigenvalue weighted by atomic mass is 16.3. The van der Waals surface area contributed by atoms with Crippen LogP contribution in [-0.2, 0) is 4.79 Å². The second kappa shape index (κ2) is 7.46. The molecule has 7 heteroatoms. The van der Waals surface area contributed by atoms with E-state index in [-0.39, 0.29) is 18.4 Å². The number of carbonyl (C=O) groups is 1. The van der Waals surface area contributed by atoms with Crippen LogP contribution >= 0.6 is 0 Å². The smallest absolute Gasteiger partial charge is 0.270 e. The molecule has 0 aliphatic heterocycles. The molecule has 1 atom stereocenters. The fourth-order valence-corrected chi connectivity index (χ4v) is 1.81. The Labute approximate surface area is 128 Å². The third-order valence-electron chi connectivity index (χ3n) is 3.11. The molecule has 2 aromatic rings. The van der Waals surface area contributed by atoms with Crippen molar-refractivity contribution in [3.05, 3.63) is 41.7 Å². The van der Waals surface area contributed by atoms with Gasteiger partial charge in [0.05, 0.1) is 0 Å². The Morgan fingerprint density at radius 3 is 2.73 bits per heavy atom. The minimum atomic E-state index is -0.292. The molecule has 1 aromatic carbocycles. The molecule has 0 aliphatic carbocycles. The van der Waals surface area contributed by atoms with Crippen LogP contribution in [0, 0.1) is 12.8 Å². The third-order valence-corrected chi connectivity index (χ3v) is 3.11. The number of tetrazole rings is 1. The number of aromatic nitrogens is 4. The van der Waals surface area contributed by atoms with Gasteiger partial charge in [-0.1, -0.05) is 37.3 Å².